The summed E-state index contributed by atoms with van der Waals surface area (Å²) < 4.78 is 0. The summed E-state index contributed by atoms with van der Waals surface area (Å²) in [7, 11) is 0. The summed E-state index contributed by atoms with van der Waals surface area (Å²) in [5.74, 6) is 0. The Labute approximate surface area is 94.1 Å². The van der Waals surface area contributed by atoms with Crippen molar-refractivity contribution < 1.29 is 10.2 Å². The molecule has 0 fully saturated rings. The lowest BCUT2D eigenvalue weighted by atomic mass is 9.82. The molecule has 3 heteroatoms. The van der Waals surface area contributed by atoms with Crippen LogP contribution in [0.3, 0.4) is 0 Å². The quantitative estimate of drug-likeness (QED) is 0.647. The van der Waals surface area contributed by atoms with Gasteiger partial charge in [-0.1, -0.05) is 13.8 Å². The number of hydrogen-bond acceptors (Lipinski definition) is 3. The predicted molar refractivity (Wildman–Crippen MR) is 63.9 cm³/mol. The first kappa shape index (κ1) is 14.9. The maximum absolute atomic E-state index is 9.49. The van der Waals surface area contributed by atoms with Gasteiger partial charge in [0.15, 0.2) is 0 Å². The Balaban J connectivity index is 4.45. The van der Waals surface area contributed by atoms with Gasteiger partial charge < -0.3 is 10.2 Å². The van der Waals surface area contributed by atoms with Gasteiger partial charge in [-0.2, -0.15) is 0 Å². The van der Waals surface area contributed by atoms with Gasteiger partial charge in [0.25, 0.3) is 0 Å². The summed E-state index contributed by atoms with van der Waals surface area (Å²) in [5, 5.41) is 18.5. The van der Waals surface area contributed by atoms with Gasteiger partial charge in [0.2, 0.25) is 0 Å². The first-order chi connectivity index (χ1) is 7.05. The Hall–Kier alpha value is -0.120. The van der Waals surface area contributed by atoms with Crippen molar-refractivity contribution in [2.75, 3.05) is 26.3 Å². The van der Waals surface area contributed by atoms with E-state index in [0.29, 0.717) is 12.6 Å². The van der Waals surface area contributed by atoms with Gasteiger partial charge in [0.1, 0.15) is 0 Å². The molecule has 0 radical (unpaired) electrons. The standard InChI is InChI=1S/C12H27NO2/c1-5-12(6-2,10-15)9-13(7-8-14)11(3)4/h11,14-15H,5-10H2,1-4H3. The van der Waals surface area contributed by atoms with Gasteiger partial charge in [-0.3, -0.25) is 4.90 Å². The van der Waals surface area contributed by atoms with Crippen molar-refractivity contribution in [1.29, 1.82) is 0 Å². The van der Waals surface area contributed by atoms with E-state index in [1.54, 1.807) is 0 Å². The van der Waals surface area contributed by atoms with E-state index < -0.39 is 0 Å². The zero-order valence-electron chi connectivity index (χ0n) is 10.7. The fourth-order valence-electron chi connectivity index (χ4n) is 1.83. The van der Waals surface area contributed by atoms with Crippen LogP contribution < -0.4 is 0 Å². The van der Waals surface area contributed by atoms with E-state index in [1.165, 1.54) is 0 Å². The van der Waals surface area contributed by atoms with E-state index in [4.69, 9.17) is 5.11 Å². The van der Waals surface area contributed by atoms with Crippen LogP contribution in [0.2, 0.25) is 0 Å². The third kappa shape index (κ3) is 4.49. The molecule has 0 rings (SSSR count). The topological polar surface area (TPSA) is 43.7 Å². The molecule has 0 bridgehead atoms. The van der Waals surface area contributed by atoms with Crippen molar-refractivity contribution in [3.05, 3.63) is 0 Å². The molecule has 0 aliphatic heterocycles. The van der Waals surface area contributed by atoms with E-state index in [0.717, 1.165) is 19.4 Å². The molecule has 92 valence electrons. The van der Waals surface area contributed by atoms with Crippen LogP contribution >= 0.6 is 0 Å². The smallest absolute Gasteiger partial charge is 0.0558 e. The molecule has 0 aromatic carbocycles. The van der Waals surface area contributed by atoms with Crippen molar-refractivity contribution in [3.63, 3.8) is 0 Å². The van der Waals surface area contributed by atoms with Crippen LogP contribution in [0.25, 0.3) is 0 Å². The molecule has 3 nitrogen and oxygen atoms in total. The van der Waals surface area contributed by atoms with E-state index >= 15 is 0 Å². The minimum atomic E-state index is -0.000556. The Morgan fingerprint density at radius 1 is 1.13 bits per heavy atom. The van der Waals surface area contributed by atoms with Gasteiger partial charge in [0, 0.05) is 31.2 Å². The zero-order valence-corrected chi connectivity index (χ0v) is 10.7. The van der Waals surface area contributed by atoms with Gasteiger partial charge >= 0.3 is 0 Å². The SMILES string of the molecule is CCC(CC)(CO)CN(CCO)C(C)C. The van der Waals surface area contributed by atoms with E-state index in [1.807, 2.05) is 0 Å². The summed E-state index contributed by atoms with van der Waals surface area (Å²) >= 11 is 0. The molecule has 0 amide bonds. The van der Waals surface area contributed by atoms with Gasteiger partial charge in [0.05, 0.1) is 6.61 Å². The number of rotatable bonds is 8. The summed E-state index contributed by atoms with van der Waals surface area (Å²) in [6, 6.07) is 0.418. The lowest BCUT2D eigenvalue weighted by molar-refractivity contribution is 0.0448. The minimum Gasteiger partial charge on any atom is -0.396 e. The van der Waals surface area contributed by atoms with Crippen molar-refractivity contribution in [2.45, 2.75) is 46.6 Å². The molecule has 0 aromatic heterocycles. The average molecular weight is 217 g/mol. The average Bonchev–Trinajstić information content (AvgIpc) is 2.24. The summed E-state index contributed by atoms with van der Waals surface area (Å²) in [4.78, 5) is 2.24. The highest BCUT2D eigenvalue weighted by molar-refractivity contribution is 4.81. The Bertz CT molecular complexity index is 147. The minimum absolute atomic E-state index is 0.000556. The molecular weight excluding hydrogens is 190 g/mol. The van der Waals surface area contributed by atoms with Crippen LogP contribution in [-0.4, -0.2) is 47.5 Å². The maximum Gasteiger partial charge on any atom is 0.0558 e. The number of aliphatic hydroxyl groups excluding tert-OH is 2. The first-order valence-electron chi connectivity index (χ1n) is 6.01. The van der Waals surface area contributed by atoms with Gasteiger partial charge in [-0.25, -0.2) is 0 Å². The van der Waals surface area contributed by atoms with Crippen LogP contribution in [0, 0.1) is 5.41 Å². The molecule has 0 saturated carbocycles. The molecule has 0 aliphatic rings. The van der Waals surface area contributed by atoms with Crippen molar-refractivity contribution in [2.24, 2.45) is 5.41 Å². The van der Waals surface area contributed by atoms with Gasteiger partial charge in [-0.15, -0.1) is 0 Å². The third-order valence-electron chi connectivity index (χ3n) is 3.49. The highest BCUT2D eigenvalue weighted by atomic mass is 16.3. The predicted octanol–water partition coefficient (Wildman–Crippen LogP) is 1.49. The highest BCUT2D eigenvalue weighted by Crippen LogP contribution is 2.27. The summed E-state index contributed by atoms with van der Waals surface area (Å²) in [5.41, 5.74) is -0.000556. The van der Waals surface area contributed by atoms with E-state index in [9.17, 15) is 5.11 Å². The third-order valence-corrected chi connectivity index (χ3v) is 3.49. The second-order valence-corrected chi connectivity index (χ2v) is 4.65. The Kier molecular flexibility index (Phi) is 7.14. The van der Waals surface area contributed by atoms with Crippen LogP contribution in [0.5, 0.6) is 0 Å². The molecule has 0 unspecified atom stereocenters. The van der Waals surface area contributed by atoms with Crippen LogP contribution in [0.4, 0.5) is 0 Å². The van der Waals surface area contributed by atoms with E-state index in [-0.39, 0.29) is 18.6 Å². The lowest BCUT2D eigenvalue weighted by Crippen LogP contribution is -2.44. The van der Waals surface area contributed by atoms with E-state index in [2.05, 4.69) is 32.6 Å². The number of aliphatic hydroxyl groups is 2. The maximum atomic E-state index is 9.49. The molecule has 0 heterocycles. The molecular formula is C12H27NO2. The summed E-state index contributed by atoms with van der Waals surface area (Å²) in [6.07, 6.45) is 1.96. The molecule has 0 aromatic rings. The van der Waals surface area contributed by atoms with Crippen molar-refractivity contribution >= 4 is 0 Å². The number of hydrogen-bond donors (Lipinski definition) is 2. The van der Waals surface area contributed by atoms with Crippen LogP contribution in [-0.2, 0) is 0 Å². The lowest BCUT2D eigenvalue weighted by Gasteiger charge is -2.37. The molecule has 0 aliphatic carbocycles. The molecule has 2 N–H and O–H groups in total. The first-order valence-corrected chi connectivity index (χ1v) is 6.01. The molecule has 0 spiro atoms. The highest BCUT2D eigenvalue weighted by Gasteiger charge is 2.28. The van der Waals surface area contributed by atoms with Crippen LogP contribution in [0.15, 0.2) is 0 Å². The van der Waals surface area contributed by atoms with Crippen molar-refractivity contribution in [1.82, 2.24) is 4.90 Å². The van der Waals surface area contributed by atoms with Gasteiger partial charge in [-0.05, 0) is 26.7 Å². The second-order valence-electron chi connectivity index (χ2n) is 4.65. The molecule has 0 atom stereocenters. The number of nitrogens with zero attached hydrogens (tertiary/aromatic N) is 1. The fraction of sp³-hybridized carbons (Fsp3) is 1.00. The largest absolute Gasteiger partial charge is 0.396 e. The molecule has 0 saturated heterocycles. The summed E-state index contributed by atoms with van der Waals surface area (Å²) in [6.45, 7) is 10.5. The van der Waals surface area contributed by atoms with Crippen molar-refractivity contribution in [3.8, 4) is 0 Å². The van der Waals surface area contributed by atoms with Crippen LogP contribution in [0.1, 0.15) is 40.5 Å². The monoisotopic (exact) mass is 217 g/mol. The molecule has 15 heavy (non-hydrogen) atoms. The zero-order chi connectivity index (χ0) is 11.9. The Morgan fingerprint density at radius 2 is 1.67 bits per heavy atom. The second kappa shape index (κ2) is 7.20. The fourth-order valence-corrected chi connectivity index (χ4v) is 1.83. The normalized spacial score (nSPS) is 12.8. The Morgan fingerprint density at radius 3 is 1.93 bits per heavy atom.